The standard InChI is InChI=1S/C10H18O/c1-7-8(2)10(3,4)5-9(7)6-11/h6-9H,5H2,1-4H3/t7?,8-,9-/m0/s1. The van der Waals surface area contributed by atoms with E-state index >= 15 is 0 Å². The summed E-state index contributed by atoms with van der Waals surface area (Å²) >= 11 is 0. The van der Waals surface area contributed by atoms with Gasteiger partial charge >= 0.3 is 0 Å². The van der Waals surface area contributed by atoms with Gasteiger partial charge in [0.2, 0.25) is 0 Å². The molecule has 0 aromatic rings. The van der Waals surface area contributed by atoms with E-state index in [4.69, 9.17) is 0 Å². The SMILES string of the molecule is CC1[C@H](C=O)CC(C)(C)[C@H]1C. The molecule has 1 saturated carbocycles. The normalized spacial score (nSPS) is 42.4. The van der Waals surface area contributed by atoms with Crippen LogP contribution in [0.25, 0.3) is 0 Å². The summed E-state index contributed by atoms with van der Waals surface area (Å²) < 4.78 is 0. The largest absolute Gasteiger partial charge is 0.303 e. The fraction of sp³-hybridized carbons (Fsp3) is 0.900. The third-order valence-corrected chi connectivity index (χ3v) is 3.63. The van der Waals surface area contributed by atoms with Crippen molar-refractivity contribution in [2.75, 3.05) is 0 Å². The molecule has 0 bridgehead atoms. The summed E-state index contributed by atoms with van der Waals surface area (Å²) in [7, 11) is 0. The topological polar surface area (TPSA) is 17.1 Å². The summed E-state index contributed by atoms with van der Waals surface area (Å²) in [6.07, 6.45) is 2.20. The van der Waals surface area contributed by atoms with Gasteiger partial charge in [-0.15, -0.1) is 0 Å². The van der Waals surface area contributed by atoms with Gasteiger partial charge < -0.3 is 4.79 Å². The van der Waals surface area contributed by atoms with Crippen molar-refractivity contribution in [2.24, 2.45) is 23.2 Å². The van der Waals surface area contributed by atoms with E-state index in [9.17, 15) is 4.79 Å². The predicted octanol–water partition coefficient (Wildman–Crippen LogP) is 2.50. The lowest BCUT2D eigenvalue weighted by atomic mass is 9.81. The van der Waals surface area contributed by atoms with Crippen molar-refractivity contribution in [2.45, 2.75) is 34.1 Å². The molecule has 1 fully saturated rings. The van der Waals surface area contributed by atoms with Gasteiger partial charge in [0.05, 0.1) is 0 Å². The highest BCUT2D eigenvalue weighted by atomic mass is 16.1. The molecule has 1 rings (SSSR count). The number of carbonyl (C=O) groups is 1. The molecule has 0 aromatic carbocycles. The quantitative estimate of drug-likeness (QED) is 0.530. The van der Waals surface area contributed by atoms with E-state index < -0.39 is 0 Å². The maximum Gasteiger partial charge on any atom is 0.123 e. The second-order valence-electron chi connectivity index (χ2n) is 4.64. The number of rotatable bonds is 1. The maximum atomic E-state index is 10.7. The molecule has 0 N–H and O–H groups in total. The highest BCUT2D eigenvalue weighted by Gasteiger charge is 2.42. The van der Waals surface area contributed by atoms with E-state index in [-0.39, 0.29) is 0 Å². The first kappa shape index (κ1) is 8.76. The fourth-order valence-corrected chi connectivity index (χ4v) is 2.23. The molecule has 0 spiro atoms. The van der Waals surface area contributed by atoms with Crippen LogP contribution in [-0.4, -0.2) is 6.29 Å². The minimum absolute atomic E-state index is 0.306. The van der Waals surface area contributed by atoms with Crippen LogP contribution < -0.4 is 0 Å². The summed E-state index contributed by atoms with van der Waals surface area (Å²) in [5, 5.41) is 0. The molecule has 0 radical (unpaired) electrons. The van der Waals surface area contributed by atoms with Crippen LogP contribution in [0.4, 0.5) is 0 Å². The first-order valence-corrected chi connectivity index (χ1v) is 4.44. The molecular weight excluding hydrogens is 136 g/mol. The number of aldehydes is 1. The van der Waals surface area contributed by atoms with Gasteiger partial charge in [0.25, 0.3) is 0 Å². The van der Waals surface area contributed by atoms with Crippen LogP contribution in [0.15, 0.2) is 0 Å². The lowest BCUT2D eigenvalue weighted by Crippen LogP contribution is -2.17. The summed E-state index contributed by atoms with van der Waals surface area (Å²) in [5.41, 5.74) is 0.366. The zero-order valence-corrected chi connectivity index (χ0v) is 7.92. The Labute approximate surface area is 69.2 Å². The Morgan fingerprint density at radius 1 is 1.36 bits per heavy atom. The molecule has 1 aliphatic carbocycles. The van der Waals surface area contributed by atoms with Crippen LogP contribution in [0, 0.1) is 23.2 Å². The van der Waals surface area contributed by atoms with Crippen LogP contribution in [0.5, 0.6) is 0 Å². The Bertz CT molecular complexity index is 160. The molecule has 3 atom stereocenters. The second kappa shape index (κ2) is 2.62. The first-order valence-electron chi connectivity index (χ1n) is 4.44. The summed E-state index contributed by atoms with van der Waals surface area (Å²) in [6, 6.07) is 0. The van der Waals surface area contributed by atoms with E-state index in [1.54, 1.807) is 0 Å². The molecule has 0 saturated heterocycles. The van der Waals surface area contributed by atoms with Gasteiger partial charge in [-0.2, -0.15) is 0 Å². The number of hydrogen-bond donors (Lipinski definition) is 0. The van der Waals surface area contributed by atoms with E-state index in [0.717, 1.165) is 12.7 Å². The van der Waals surface area contributed by atoms with Crippen LogP contribution in [-0.2, 0) is 4.79 Å². The van der Waals surface area contributed by atoms with E-state index in [1.807, 2.05) is 0 Å². The zero-order chi connectivity index (χ0) is 8.65. The highest BCUT2D eigenvalue weighted by Crippen LogP contribution is 2.48. The van der Waals surface area contributed by atoms with Crippen LogP contribution in [0.2, 0.25) is 0 Å². The molecular formula is C10H18O. The molecule has 0 aromatic heterocycles. The number of hydrogen-bond acceptors (Lipinski definition) is 1. The van der Waals surface area contributed by atoms with Gasteiger partial charge in [-0.1, -0.05) is 27.7 Å². The number of carbonyl (C=O) groups excluding carboxylic acids is 1. The predicted molar refractivity (Wildman–Crippen MR) is 46.3 cm³/mol. The third-order valence-electron chi connectivity index (χ3n) is 3.63. The first-order chi connectivity index (χ1) is 4.99. The minimum Gasteiger partial charge on any atom is -0.303 e. The zero-order valence-electron chi connectivity index (χ0n) is 7.92. The van der Waals surface area contributed by atoms with Crippen LogP contribution in [0.3, 0.4) is 0 Å². The second-order valence-corrected chi connectivity index (χ2v) is 4.64. The van der Waals surface area contributed by atoms with E-state index in [0.29, 0.717) is 23.2 Å². The molecule has 64 valence electrons. The van der Waals surface area contributed by atoms with Crippen molar-refractivity contribution in [3.8, 4) is 0 Å². The highest BCUT2D eigenvalue weighted by molar-refractivity contribution is 5.55. The van der Waals surface area contributed by atoms with E-state index in [1.165, 1.54) is 0 Å². The Morgan fingerprint density at radius 3 is 2.09 bits per heavy atom. The third kappa shape index (κ3) is 1.33. The van der Waals surface area contributed by atoms with Gasteiger partial charge in [-0.3, -0.25) is 0 Å². The lowest BCUT2D eigenvalue weighted by molar-refractivity contribution is -0.112. The van der Waals surface area contributed by atoms with Crippen LogP contribution >= 0.6 is 0 Å². The molecule has 1 aliphatic rings. The van der Waals surface area contributed by atoms with Crippen molar-refractivity contribution in [3.63, 3.8) is 0 Å². The summed E-state index contributed by atoms with van der Waals surface area (Å²) in [4.78, 5) is 10.7. The summed E-state index contributed by atoms with van der Waals surface area (Å²) in [5.74, 6) is 1.56. The Kier molecular flexibility index (Phi) is 2.08. The molecule has 11 heavy (non-hydrogen) atoms. The van der Waals surface area contributed by atoms with Gasteiger partial charge in [-0.25, -0.2) is 0 Å². The van der Waals surface area contributed by atoms with Crippen molar-refractivity contribution < 1.29 is 4.79 Å². The minimum atomic E-state index is 0.306. The molecule has 1 nitrogen and oxygen atoms in total. The average molecular weight is 154 g/mol. The van der Waals surface area contributed by atoms with Gasteiger partial charge in [0.15, 0.2) is 0 Å². The fourth-order valence-electron chi connectivity index (χ4n) is 2.23. The molecule has 0 aliphatic heterocycles. The van der Waals surface area contributed by atoms with Crippen molar-refractivity contribution in [3.05, 3.63) is 0 Å². The Morgan fingerprint density at radius 2 is 1.91 bits per heavy atom. The monoisotopic (exact) mass is 154 g/mol. The van der Waals surface area contributed by atoms with Crippen molar-refractivity contribution in [1.29, 1.82) is 0 Å². The Balaban J connectivity index is 2.76. The molecule has 0 amide bonds. The molecule has 1 heteroatoms. The molecule has 1 unspecified atom stereocenters. The Hall–Kier alpha value is -0.330. The molecule has 0 heterocycles. The van der Waals surface area contributed by atoms with E-state index in [2.05, 4.69) is 27.7 Å². The van der Waals surface area contributed by atoms with Crippen LogP contribution in [0.1, 0.15) is 34.1 Å². The summed E-state index contributed by atoms with van der Waals surface area (Å²) in [6.45, 7) is 8.97. The average Bonchev–Trinajstić information content (AvgIpc) is 2.13. The maximum absolute atomic E-state index is 10.7. The van der Waals surface area contributed by atoms with Crippen molar-refractivity contribution >= 4 is 6.29 Å². The van der Waals surface area contributed by atoms with Gasteiger partial charge in [0.1, 0.15) is 6.29 Å². The van der Waals surface area contributed by atoms with Gasteiger partial charge in [0, 0.05) is 5.92 Å². The van der Waals surface area contributed by atoms with Crippen molar-refractivity contribution in [1.82, 2.24) is 0 Å². The van der Waals surface area contributed by atoms with Gasteiger partial charge in [-0.05, 0) is 23.7 Å². The smallest absolute Gasteiger partial charge is 0.123 e. The lowest BCUT2D eigenvalue weighted by Gasteiger charge is -2.24.